The third-order valence-electron chi connectivity index (χ3n) is 3.03. The largest absolute Gasteiger partial charge is 0.494 e. The van der Waals surface area contributed by atoms with Crippen LogP contribution in [0.5, 0.6) is 5.75 Å². The Bertz CT molecular complexity index is 550. The van der Waals surface area contributed by atoms with E-state index in [2.05, 4.69) is 19.9 Å². The van der Waals surface area contributed by atoms with Crippen LogP contribution in [0.15, 0.2) is 24.3 Å². The second-order valence-electron chi connectivity index (χ2n) is 5.17. The first-order valence-electron chi connectivity index (χ1n) is 7.02. The lowest BCUT2D eigenvalue weighted by Crippen LogP contribution is -2.06. The van der Waals surface area contributed by atoms with Gasteiger partial charge in [0, 0.05) is 16.5 Å². The summed E-state index contributed by atoms with van der Waals surface area (Å²) in [7, 11) is 0. The van der Waals surface area contributed by atoms with Crippen molar-refractivity contribution >= 4 is 11.3 Å². The van der Waals surface area contributed by atoms with E-state index in [1.807, 2.05) is 32.0 Å². The molecule has 4 heteroatoms. The van der Waals surface area contributed by atoms with Crippen molar-refractivity contribution in [2.45, 2.75) is 39.7 Å². The zero-order valence-electron chi connectivity index (χ0n) is 12.5. The van der Waals surface area contributed by atoms with Crippen LogP contribution in [0.25, 0.3) is 10.6 Å². The summed E-state index contributed by atoms with van der Waals surface area (Å²) in [4.78, 5) is 5.96. The van der Waals surface area contributed by atoms with Gasteiger partial charge < -0.3 is 10.5 Å². The van der Waals surface area contributed by atoms with Crippen LogP contribution in [0.4, 0.5) is 0 Å². The molecule has 2 N–H and O–H groups in total. The summed E-state index contributed by atoms with van der Waals surface area (Å²) in [6.45, 7) is 8.98. The van der Waals surface area contributed by atoms with Crippen molar-refractivity contribution in [1.82, 2.24) is 4.98 Å². The summed E-state index contributed by atoms with van der Waals surface area (Å²) in [5.41, 5.74) is 8.27. The molecule has 1 aromatic carbocycles. The first-order chi connectivity index (χ1) is 9.52. The Morgan fingerprint density at radius 3 is 2.60 bits per heavy atom. The van der Waals surface area contributed by atoms with Crippen LogP contribution < -0.4 is 10.5 Å². The third-order valence-corrected chi connectivity index (χ3v) is 4.35. The first-order valence-corrected chi connectivity index (χ1v) is 7.84. The number of ether oxygens (including phenoxy) is 1. The fourth-order valence-corrected chi connectivity index (χ4v) is 3.26. The molecule has 0 fully saturated rings. The van der Waals surface area contributed by atoms with Crippen molar-refractivity contribution in [3.05, 3.63) is 34.8 Å². The van der Waals surface area contributed by atoms with Gasteiger partial charge in [-0.15, -0.1) is 11.3 Å². The van der Waals surface area contributed by atoms with Gasteiger partial charge in [0.15, 0.2) is 0 Å². The molecule has 0 aliphatic heterocycles. The second kappa shape index (κ2) is 6.37. The number of nitrogens with two attached hydrogens (primary N) is 1. The molecule has 1 unspecified atom stereocenters. The van der Waals surface area contributed by atoms with E-state index in [1.54, 1.807) is 11.3 Å². The number of rotatable bonds is 5. The van der Waals surface area contributed by atoms with Gasteiger partial charge in [-0.05, 0) is 31.9 Å². The number of hydrogen-bond donors (Lipinski definition) is 1. The summed E-state index contributed by atoms with van der Waals surface area (Å²) >= 11 is 1.68. The fourth-order valence-electron chi connectivity index (χ4n) is 2.09. The lowest BCUT2D eigenvalue weighted by Gasteiger charge is -2.07. The van der Waals surface area contributed by atoms with Gasteiger partial charge >= 0.3 is 0 Å². The molecule has 108 valence electrons. The zero-order chi connectivity index (χ0) is 14.7. The smallest absolute Gasteiger partial charge is 0.124 e. The molecule has 0 radical (unpaired) electrons. The standard InChI is InChI=1S/C16H22N2OS/c1-5-19-13-8-6-7-12(9-13)16-18-14(10(2)3)15(20-16)11(4)17/h6-11H,5,17H2,1-4H3. The van der Waals surface area contributed by atoms with Gasteiger partial charge in [0.2, 0.25) is 0 Å². The van der Waals surface area contributed by atoms with Gasteiger partial charge in [-0.2, -0.15) is 0 Å². The Labute approximate surface area is 124 Å². The van der Waals surface area contributed by atoms with Crippen molar-refractivity contribution in [1.29, 1.82) is 0 Å². The normalized spacial score (nSPS) is 12.7. The predicted molar refractivity (Wildman–Crippen MR) is 85.4 cm³/mol. The maximum Gasteiger partial charge on any atom is 0.124 e. The predicted octanol–water partition coefficient (Wildman–Crippen LogP) is 4.35. The molecule has 0 aliphatic rings. The number of thiazole rings is 1. The van der Waals surface area contributed by atoms with Gasteiger partial charge in [0.1, 0.15) is 10.8 Å². The molecule has 2 aromatic rings. The molecule has 1 atom stereocenters. The average Bonchev–Trinajstić information content (AvgIpc) is 2.85. The molecule has 20 heavy (non-hydrogen) atoms. The van der Waals surface area contributed by atoms with Crippen LogP contribution in [0.3, 0.4) is 0 Å². The highest BCUT2D eigenvalue weighted by Gasteiger charge is 2.18. The van der Waals surface area contributed by atoms with E-state index in [0.717, 1.165) is 22.0 Å². The maximum absolute atomic E-state index is 6.07. The van der Waals surface area contributed by atoms with Crippen molar-refractivity contribution in [3.63, 3.8) is 0 Å². The van der Waals surface area contributed by atoms with Gasteiger partial charge in [0.25, 0.3) is 0 Å². The van der Waals surface area contributed by atoms with E-state index in [9.17, 15) is 0 Å². The van der Waals surface area contributed by atoms with Crippen LogP contribution in [0.1, 0.15) is 50.2 Å². The Hall–Kier alpha value is -1.39. The third kappa shape index (κ3) is 3.19. The Morgan fingerprint density at radius 2 is 2.05 bits per heavy atom. The van der Waals surface area contributed by atoms with E-state index in [1.165, 1.54) is 4.88 Å². The van der Waals surface area contributed by atoms with Gasteiger partial charge in [-0.1, -0.05) is 26.0 Å². The summed E-state index contributed by atoms with van der Waals surface area (Å²) in [6, 6.07) is 8.10. The summed E-state index contributed by atoms with van der Waals surface area (Å²) < 4.78 is 5.55. The number of nitrogens with zero attached hydrogens (tertiary/aromatic N) is 1. The monoisotopic (exact) mass is 290 g/mol. The highest BCUT2D eigenvalue weighted by molar-refractivity contribution is 7.15. The van der Waals surface area contributed by atoms with Crippen molar-refractivity contribution in [2.75, 3.05) is 6.61 Å². The van der Waals surface area contributed by atoms with Gasteiger partial charge in [0.05, 0.1) is 12.3 Å². The van der Waals surface area contributed by atoms with Crippen LogP contribution >= 0.6 is 11.3 Å². The second-order valence-corrected chi connectivity index (χ2v) is 6.20. The molecular weight excluding hydrogens is 268 g/mol. The minimum atomic E-state index is 0.0220. The molecule has 0 spiro atoms. The van der Waals surface area contributed by atoms with Crippen molar-refractivity contribution in [2.24, 2.45) is 5.73 Å². The summed E-state index contributed by atoms with van der Waals surface area (Å²) in [6.07, 6.45) is 0. The number of aromatic nitrogens is 1. The molecule has 2 rings (SSSR count). The van der Waals surface area contributed by atoms with E-state index in [-0.39, 0.29) is 6.04 Å². The maximum atomic E-state index is 6.07. The van der Waals surface area contributed by atoms with Gasteiger partial charge in [-0.25, -0.2) is 4.98 Å². The molecular formula is C16H22N2OS. The minimum Gasteiger partial charge on any atom is -0.494 e. The lowest BCUT2D eigenvalue weighted by atomic mass is 10.1. The number of benzene rings is 1. The SMILES string of the molecule is CCOc1cccc(-c2nc(C(C)C)c(C(C)N)s2)c1. The highest BCUT2D eigenvalue weighted by Crippen LogP contribution is 2.35. The molecule has 0 bridgehead atoms. The molecule has 1 aromatic heterocycles. The molecule has 1 heterocycles. The Morgan fingerprint density at radius 1 is 1.30 bits per heavy atom. The summed E-state index contributed by atoms with van der Waals surface area (Å²) in [5, 5.41) is 1.02. The highest BCUT2D eigenvalue weighted by atomic mass is 32.1. The van der Waals surface area contributed by atoms with Crippen LogP contribution in [-0.4, -0.2) is 11.6 Å². The zero-order valence-corrected chi connectivity index (χ0v) is 13.3. The first kappa shape index (κ1) is 15.0. The fraction of sp³-hybridized carbons (Fsp3) is 0.438. The van der Waals surface area contributed by atoms with Crippen LogP contribution in [0.2, 0.25) is 0 Å². The Kier molecular flexibility index (Phi) is 4.78. The topological polar surface area (TPSA) is 48.1 Å². The molecule has 3 nitrogen and oxygen atoms in total. The van der Waals surface area contributed by atoms with Crippen LogP contribution in [-0.2, 0) is 0 Å². The molecule has 0 amide bonds. The van der Waals surface area contributed by atoms with Crippen molar-refractivity contribution < 1.29 is 4.74 Å². The number of hydrogen-bond acceptors (Lipinski definition) is 4. The summed E-state index contributed by atoms with van der Waals surface area (Å²) in [5.74, 6) is 1.27. The van der Waals surface area contributed by atoms with E-state index >= 15 is 0 Å². The van der Waals surface area contributed by atoms with Crippen LogP contribution in [0, 0.1) is 0 Å². The quantitative estimate of drug-likeness (QED) is 0.890. The molecule has 0 saturated heterocycles. The molecule has 0 aliphatic carbocycles. The van der Waals surface area contributed by atoms with Crippen molar-refractivity contribution in [3.8, 4) is 16.3 Å². The molecule has 0 saturated carbocycles. The van der Waals surface area contributed by atoms with Gasteiger partial charge in [-0.3, -0.25) is 0 Å². The van der Waals surface area contributed by atoms with E-state index < -0.39 is 0 Å². The van der Waals surface area contributed by atoms with E-state index in [0.29, 0.717) is 12.5 Å². The Balaban J connectivity index is 2.42. The minimum absolute atomic E-state index is 0.0220. The average molecular weight is 290 g/mol. The van der Waals surface area contributed by atoms with E-state index in [4.69, 9.17) is 15.5 Å². The lowest BCUT2D eigenvalue weighted by molar-refractivity contribution is 0.340.